The van der Waals surface area contributed by atoms with Gasteiger partial charge >= 0.3 is 5.97 Å². The van der Waals surface area contributed by atoms with E-state index in [1.54, 1.807) is 12.1 Å². The van der Waals surface area contributed by atoms with Crippen LogP contribution in [0.4, 0.5) is 5.69 Å². The topological polar surface area (TPSA) is 89.7 Å². The maximum Gasteiger partial charge on any atom is 0.333 e. The monoisotopic (exact) mass is 237 g/mol. The highest BCUT2D eigenvalue weighted by Gasteiger charge is 2.35. The maximum atomic E-state index is 10.9. The SMILES string of the molecule is O=C(O)[C@@H]1OCC[C@H]1c1ccc([N+](=O)[O-])cc1. The van der Waals surface area contributed by atoms with Crippen molar-refractivity contribution in [2.75, 3.05) is 6.61 Å². The molecule has 2 atom stereocenters. The van der Waals surface area contributed by atoms with Gasteiger partial charge in [-0.25, -0.2) is 4.79 Å². The minimum atomic E-state index is -0.995. The summed E-state index contributed by atoms with van der Waals surface area (Å²) in [6.07, 6.45) is -0.231. The summed E-state index contributed by atoms with van der Waals surface area (Å²) in [6, 6.07) is 5.94. The molecule has 1 aliphatic rings. The van der Waals surface area contributed by atoms with Crippen LogP contribution in [0.15, 0.2) is 24.3 Å². The Morgan fingerprint density at radius 3 is 2.59 bits per heavy atom. The third kappa shape index (κ3) is 2.26. The van der Waals surface area contributed by atoms with Gasteiger partial charge in [0.2, 0.25) is 0 Å². The van der Waals surface area contributed by atoms with Gasteiger partial charge in [-0.3, -0.25) is 10.1 Å². The number of carbonyl (C=O) groups is 1. The van der Waals surface area contributed by atoms with Crippen LogP contribution in [-0.2, 0) is 9.53 Å². The van der Waals surface area contributed by atoms with Crippen molar-refractivity contribution in [3.8, 4) is 0 Å². The van der Waals surface area contributed by atoms with Crippen LogP contribution in [0.5, 0.6) is 0 Å². The minimum absolute atomic E-state index is 0.000426. The van der Waals surface area contributed by atoms with Crippen LogP contribution in [0.3, 0.4) is 0 Å². The predicted molar refractivity (Wildman–Crippen MR) is 57.8 cm³/mol. The van der Waals surface area contributed by atoms with Gasteiger partial charge < -0.3 is 9.84 Å². The summed E-state index contributed by atoms with van der Waals surface area (Å²) < 4.78 is 5.13. The van der Waals surface area contributed by atoms with Gasteiger partial charge in [-0.1, -0.05) is 12.1 Å². The molecule has 1 saturated heterocycles. The molecule has 1 aromatic carbocycles. The summed E-state index contributed by atoms with van der Waals surface area (Å²) in [4.78, 5) is 20.9. The molecule has 1 fully saturated rings. The van der Waals surface area contributed by atoms with Gasteiger partial charge in [0.1, 0.15) is 0 Å². The first-order valence-corrected chi connectivity index (χ1v) is 5.18. The number of hydrogen-bond donors (Lipinski definition) is 1. The van der Waals surface area contributed by atoms with Crippen LogP contribution in [-0.4, -0.2) is 28.7 Å². The fraction of sp³-hybridized carbons (Fsp3) is 0.364. The second-order valence-electron chi connectivity index (χ2n) is 3.87. The van der Waals surface area contributed by atoms with Crippen molar-refractivity contribution in [2.45, 2.75) is 18.4 Å². The highest BCUT2D eigenvalue weighted by molar-refractivity contribution is 5.74. The van der Waals surface area contributed by atoms with Crippen molar-refractivity contribution in [1.29, 1.82) is 0 Å². The quantitative estimate of drug-likeness (QED) is 0.636. The molecule has 90 valence electrons. The van der Waals surface area contributed by atoms with Gasteiger partial charge in [0.05, 0.1) is 4.92 Å². The molecule has 6 heteroatoms. The Labute approximate surface area is 97.0 Å². The molecule has 0 saturated carbocycles. The smallest absolute Gasteiger partial charge is 0.333 e. The average Bonchev–Trinajstić information content (AvgIpc) is 2.78. The van der Waals surface area contributed by atoms with Gasteiger partial charge in [0.25, 0.3) is 5.69 Å². The number of benzene rings is 1. The lowest BCUT2D eigenvalue weighted by atomic mass is 9.92. The van der Waals surface area contributed by atoms with Gasteiger partial charge in [-0.2, -0.15) is 0 Å². The Morgan fingerprint density at radius 1 is 1.41 bits per heavy atom. The van der Waals surface area contributed by atoms with Gasteiger partial charge in [-0.05, 0) is 12.0 Å². The molecule has 1 N–H and O–H groups in total. The molecular formula is C11H11NO5. The number of nitrogens with zero attached hydrogens (tertiary/aromatic N) is 1. The van der Waals surface area contributed by atoms with E-state index >= 15 is 0 Å². The van der Waals surface area contributed by atoms with E-state index in [1.807, 2.05) is 0 Å². The van der Waals surface area contributed by atoms with Crippen LogP contribution in [0, 0.1) is 10.1 Å². The standard InChI is InChI=1S/C11H11NO5/c13-11(14)10-9(5-6-17-10)7-1-3-8(4-2-7)12(15)16/h1-4,9-10H,5-6H2,(H,13,14)/t9-,10+/m0/s1. The summed E-state index contributed by atoms with van der Waals surface area (Å²) in [6.45, 7) is 0.401. The summed E-state index contributed by atoms with van der Waals surface area (Å²) >= 11 is 0. The van der Waals surface area contributed by atoms with Crippen molar-refractivity contribution in [2.24, 2.45) is 0 Å². The Bertz CT molecular complexity index is 442. The van der Waals surface area contributed by atoms with Crippen molar-refractivity contribution in [1.82, 2.24) is 0 Å². The van der Waals surface area contributed by atoms with Crippen molar-refractivity contribution >= 4 is 11.7 Å². The number of carboxylic acid groups (broad SMARTS) is 1. The number of nitro groups is 1. The van der Waals surface area contributed by atoms with Gasteiger partial charge in [0.15, 0.2) is 6.10 Å². The summed E-state index contributed by atoms with van der Waals surface area (Å²) in [5.74, 6) is -1.22. The Kier molecular flexibility index (Phi) is 3.06. The predicted octanol–water partition coefficient (Wildman–Crippen LogP) is 1.55. The molecule has 0 aromatic heterocycles. The van der Waals surface area contributed by atoms with E-state index < -0.39 is 17.0 Å². The van der Waals surface area contributed by atoms with E-state index in [0.29, 0.717) is 13.0 Å². The second kappa shape index (κ2) is 4.50. The molecule has 0 bridgehead atoms. The molecule has 0 radical (unpaired) electrons. The molecule has 1 aromatic rings. The molecule has 0 aliphatic carbocycles. The van der Waals surface area contributed by atoms with Crippen LogP contribution in [0.2, 0.25) is 0 Å². The van der Waals surface area contributed by atoms with Crippen LogP contribution >= 0.6 is 0 Å². The lowest BCUT2D eigenvalue weighted by molar-refractivity contribution is -0.384. The van der Waals surface area contributed by atoms with Crippen LogP contribution in [0.1, 0.15) is 17.9 Å². The molecule has 0 unspecified atom stereocenters. The zero-order valence-electron chi connectivity index (χ0n) is 8.91. The lowest BCUT2D eigenvalue weighted by Gasteiger charge is -2.14. The number of non-ortho nitro benzene ring substituents is 1. The third-order valence-corrected chi connectivity index (χ3v) is 2.87. The van der Waals surface area contributed by atoms with Crippen LogP contribution in [0.25, 0.3) is 0 Å². The zero-order valence-corrected chi connectivity index (χ0v) is 8.91. The number of nitro benzene ring substituents is 1. The Morgan fingerprint density at radius 2 is 2.06 bits per heavy atom. The molecule has 2 rings (SSSR count). The molecule has 6 nitrogen and oxygen atoms in total. The number of hydrogen-bond acceptors (Lipinski definition) is 4. The third-order valence-electron chi connectivity index (χ3n) is 2.87. The fourth-order valence-corrected chi connectivity index (χ4v) is 2.02. The normalized spacial score (nSPS) is 23.5. The zero-order chi connectivity index (χ0) is 12.4. The number of ether oxygens (including phenoxy) is 1. The largest absolute Gasteiger partial charge is 0.479 e. The highest BCUT2D eigenvalue weighted by atomic mass is 16.6. The van der Waals surface area contributed by atoms with Gasteiger partial charge in [0, 0.05) is 24.7 Å². The molecule has 17 heavy (non-hydrogen) atoms. The lowest BCUT2D eigenvalue weighted by Crippen LogP contribution is -2.24. The number of carboxylic acids is 1. The fourth-order valence-electron chi connectivity index (χ4n) is 2.02. The number of aliphatic carboxylic acids is 1. The van der Waals surface area contributed by atoms with Gasteiger partial charge in [-0.15, -0.1) is 0 Å². The Hall–Kier alpha value is -1.95. The van der Waals surface area contributed by atoms with Crippen molar-refractivity contribution < 1.29 is 19.6 Å². The minimum Gasteiger partial charge on any atom is -0.479 e. The van der Waals surface area contributed by atoms with Crippen LogP contribution < -0.4 is 0 Å². The average molecular weight is 237 g/mol. The van der Waals surface area contributed by atoms with E-state index in [1.165, 1.54) is 12.1 Å². The molecular weight excluding hydrogens is 226 g/mol. The molecule has 0 spiro atoms. The van der Waals surface area contributed by atoms with Crippen molar-refractivity contribution in [3.63, 3.8) is 0 Å². The molecule has 1 aliphatic heterocycles. The maximum absolute atomic E-state index is 10.9. The molecule has 1 heterocycles. The first-order valence-electron chi connectivity index (χ1n) is 5.18. The summed E-state index contributed by atoms with van der Waals surface area (Å²) in [7, 11) is 0. The van der Waals surface area contributed by atoms with E-state index in [9.17, 15) is 14.9 Å². The number of rotatable bonds is 3. The van der Waals surface area contributed by atoms with E-state index in [0.717, 1.165) is 5.56 Å². The summed E-state index contributed by atoms with van der Waals surface area (Å²) in [5.41, 5.74) is 0.764. The van der Waals surface area contributed by atoms with E-state index in [2.05, 4.69) is 0 Å². The van der Waals surface area contributed by atoms with E-state index in [4.69, 9.17) is 9.84 Å². The highest BCUT2D eigenvalue weighted by Crippen LogP contribution is 2.32. The first kappa shape index (κ1) is 11.5. The first-order chi connectivity index (χ1) is 8.09. The second-order valence-corrected chi connectivity index (χ2v) is 3.87. The summed E-state index contributed by atoms with van der Waals surface area (Å²) in [5, 5.41) is 19.4. The van der Waals surface area contributed by atoms with Crippen molar-refractivity contribution in [3.05, 3.63) is 39.9 Å². The Balaban J connectivity index is 2.22. The molecule has 0 amide bonds. The van der Waals surface area contributed by atoms with E-state index in [-0.39, 0.29) is 11.6 Å².